The minimum absolute atomic E-state index is 0.197. The molecule has 0 fully saturated rings. The van der Waals surface area contributed by atoms with Gasteiger partial charge in [-0.3, -0.25) is 9.20 Å². The van der Waals surface area contributed by atoms with Gasteiger partial charge in [0.15, 0.2) is 0 Å². The Morgan fingerprint density at radius 3 is 2.34 bits per heavy atom. The summed E-state index contributed by atoms with van der Waals surface area (Å²) in [4.78, 5) is 13.8. The molecule has 1 N–H and O–H groups in total. The number of para-hydroxylation sites is 1. The molecule has 0 aliphatic carbocycles. The number of imidazole rings is 1. The lowest BCUT2D eigenvalue weighted by Gasteiger charge is -2.10. The zero-order valence-corrected chi connectivity index (χ0v) is 19.7. The second-order valence-electron chi connectivity index (χ2n) is 8.85. The number of rotatable bonds is 4. The van der Waals surface area contributed by atoms with Crippen molar-refractivity contribution >= 4 is 28.8 Å². The normalized spacial score (nSPS) is 13.1. The first-order chi connectivity index (χ1) is 17.1. The van der Waals surface area contributed by atoms with Crippen molar-refractivity contribution < 1.29 is 9.18 Å². The predicted molar refractivity (Wildman–Crippen MR) is 139 cm³/mol. The third-order valence-corrected chi connectivity index (χ3v) is 6.91. The van der Waals surface area contributed by atoms with E-state index in [1.54, 1.807) is 12.1 Å². The maximum absolute atomic E-state index is 13.8. The van der Waals surface area contributed by atoms with Crippen LogP contribution in [0.2, 0.25) is 5.02 Å². The van der Waals surface area contributed by atoms with E-state index in [0.29, 0.717) is 10.7 Å². The van der Waals surface area contributed by atoms with E-state index in [-0.39, 0.29) is 11.7 Å². The van der Waals surface area contributed by atoms with Crippen molar-refractivity contribution in [1.82, 2.24) is 8.97 Å². The zero-order valence-electron chi connectivity index (χ0n) is 19.0. The highest BCUT2D eigenvalue weighted by Crippen LogP contribution is 2.40. The van der Waals surface area contributed by atoms with Gasteiger partial charge in [0.2, 0.25) is 0 Å². The average molecular weight is 484 g/mol. The van der Waals surface area contributed by atoms with Gasteiger partial charge in [-0.25, -0.2) is 4.39 Å². The number of aryl methyl sites for hydroxylation is 2. The molecular formula is C29H23ClFN3O. The summed E-state index contributed by atoms with van der Waals surface area (Å²) >= 11 is 6.14. The van der Waals surface area contributed by atoms with Crippen molar-refractivity contribution in [3.05, 3.63) is 107 Å². The van der Waals surface area contributed by atoms with Gasteiger partial charge in [0.05, 0.1) is 5.69 Å². The van der Waals surface area contributed by atoms with E-state index in [0.717, 1.165) is 65.1 Å². The Labute approximate surface area is 207 Å². The molecule has 1 aliphatic rings. The minimum Gasteiger partial charge on any atom is -0.325 e. The van der Waals surface area contributed by atoms with Crippen molar-refractivity contribution in [2.24, 2.45) is 0 Å². The van der Waals surface area contributed by atoms with Crippen molar-refractivity contribution in [1.29, 1.82) is 0 Å². The Morgan fingerprint density at radius 1 is 0.886 bits per heavy atom. The molecule has 4 nitrogen and oxygen atoms in total. The number of benzene rings is 3. The molecule has 174 valence electrons. The molecule has 6 heteroatoms. The lowest BCUT2D eigenvalue weighted by Crippen LogP contribution is -2.15. The molecule has 35 heavy (non-hydrogen) atoms. The number of nitrogens with one attached hydrogen (secondary N) is 1. The molecular weight excluding hydrogens is 461 g/mol. The van der Waals surface area contributed by atoms with Gasteiger partial charge in [-0.2, -0.15) is 0 Å². The van der Waals surface area contributed by atoms with Crippen molar-refractivity contribution in [3.63, 3.8) is 0 Å². The Bertz CT molecular complexity index is 1530. The molecule has 1 aliphatic heterocycles. The summed E-state index contributed by atoms with van der Waals surface area (Å²) in [7, 11) is 0. The Morgan fingerprint density at radius 2 is 1.60 bits per heavy atom. The first kappa shape index (κ1) is 21.7. The monoisotopic (exact) mass is 483 g/mol. The van der Waals surface area contributed by atoms with Gasteiger partial charge >= 0.3 is 0 Å². The third kappa shape index (κ3) is 3.82. The minimum atomic E-state index is -0.298. The lowest BCUT2D eigenvalue weighted by molar-refractivity contribution is 0.102. The number of carbonyl (C=O) groups is 1. The number of aromatic nitrogens is 2. The predicted octanol–water partition coefficient (Wildman–Crippen LogP) is 7.46. The Kier molecular flexibility index (Phi) is 5.42. The number of carbonyl (C=O) groups excluding carboxylic acids is 1. The van der Waals surface area contributed by atoms with E-state index in [9.17, 15) is 9.18 Å². The summed E-state index contributed by atoms with van der Waals surface area (Å²) in [5.41, 5.74) is 7.21. The van der Waals surface area contributed by atoms with Crippen molar-refractivity contribution in [2.75, 3.05) is 5.32 Å². The van der Waals surface area contributed by atoms with Gasteiger partial charge in [-0.15, -0.1) is 0 Å². The Balaban J connectivity index is 1.62. The van der Waals surface area contributed by atoms with Gasteiger partial charge in [0.1, 0.15) is 17.2 Å². The second kappa shape index (κ2) is 8.75. The zero-order chi connectivity index (χ0) is 23.9. The highest BCUT2D eigenvalue weighted by Gasteiger charge is 2.29. The molecule has 0 radical (unpaired) electrons. The molecule has 3 heterocycles. The molecule has 3 aromatic carbocycles. The molecule has 2 aromatic heterocycles. The third-order valence-electron chi connectivity index (χ3n) is 6.65. The molecule has 6 rings (SSSR count). The first-order valence-electron chi connectivity index (χ1n) is 11.7. The summed E-state index contributed by atoms with van der Waals surface area (Å²) in [6, 6.07) is 23.7. The van der Waals surface area contributed by atoms with Crippen LogP contribution in [0.1, 0.15) is 28.9 Å². The molecule has 1 amide bonds. The van der Waals surface area contributed by atoms with Crippen LogP contribution in [0, 0.1) is 5.82 Å². The highest BCUT2D eigenvalue weighted by molar-refractivity contribution is 6.30. The summed E-state index contributed by atoms with van der Waals surface area (Å²) in [5, 5.41) is 3.75. The lowest BCUT2D eigenvalue weighted by atomic mass is 9.97. The molecule has 5 aromatic rings. The SMILES string of the molecule is O=C(Nc1ccccc1)c1c(-c2ccc(F)cc2)c2c3n(c(-c4ccc(Cl)cc4)cn13)CCCC2. The number of hydrogen-bond donors (Lipinski definition) is 1. The molecule has 0 saturated heterocycles. The van der Waals surface area contributed by atoms with Crippen molar-refractivity contribution in [2.45, 2.75) is 25.8 Å². The van der Waals surface area contributed by atoms with E-state index in [1.807, 2.05) is 65.2 Å². The van der Waals surface area contributed by atoms with Crippen molar-refractivity contribution in [3.8, 4) is 22.4 Å². The van der Waals surface area contributed by atoms with E-state index in [1.165, 1.54) is 12.1 Å². The Hall–Kier alpha value is -3.83. The molecule has 0 atom stereocenters. The maximum atomic E-state index is 13.8. The van der Waals surface area contributed by atoms with Crippen LogP contribution in [0.15, 0.2) is 85.1 Å². The largest absolute Gasteiger partial charge is 0.325 e. The van der Waals surface area contributed by atoms with Crippen LogP contribution >= 0.6 is 11.6 Å². The standard InChI is InChI=1S/C29H23ClFN3O/c30-21-13-9-19(10-14-21)25-18-34-27(28(35)32-23-6-2-1-3-7-23)26(20-11-15-22(31)16-12-20)24-8-4-5-17-33(25)29(24)34/h1-3,6-7,9-16,18H,4-5,8,17H2,(H,32,35). The fourth-order valence-electron chi connectivity index (χ4n) is 5.10. The van der Waals surface area contributed by atoms with Gasteiger partial charge < -0.3 is 9.88 Å². The van der Waals surface area contributed by atoms with E-state index >= 15 is 0 Å². The van der Waals surface area contributed by atoms with Crippen LogP contribution in [0.5, 0.6) is 0 Å². The smallest absolute Gasteiger partial charge is 0.273 e. The van der Waals surface area contributed by atoms with Gasteiger partial charge in [0.25, 0.3) is 5.91 Å². The number of anilines is 1. The number of amides is 1. The first-order valence-corrected chi connectivity index (χ1v) is 12.1. The van der Waals surface area contributed by atoms with Gasteiger partial charge in [-0.05, 0) is 66.8 Å². The average Bonchev–Trinajstić information content (AvgIpc) is 3.28. The van der Waals surface area contributed by atoms with Crippen LogP contribution in [0.4, 0.5) is 10.1 Å². The number of hydrogen-bond acceptors (Lipinski definition) is 1. The summed E-state index contributed by atoms with van der Waals surface area (Å²) in [6.07, 6.45) is 4.93. The second-order valence-corrected chi connectivity index (χ2v) is 9.29. The topological polar surface area (TPSA) is 38.4 Å². The highest BCUT2D eigenvalue weighted by atomic mass is 35.5. The summed E-state index contributed by atoms with van der Waals surface area (Å²) in [6.45, 7) is 0.855. The maximum Gasteiger partial charge on any atom is 0.273 e. The molecule has 0 unspecified atom stereocenters. The van der Waals surface area contributed by atoms with Crippen LogP contribution in [0.25, 0.3) is 28.0 Å². The van der Waals surface area contributed by atoms with Crippen LogP contribution in [-0.4, -0.2) is 14.9 Å². The molecule has 0 spiro atoms. The van der Waals surface area contributed by atoms with Crippen LogP contribution in [-0.2, 0) is 13.0 Å². The summed E-state index contributed by atoms with van der Waals surface area (Å²) < 4.78 is 18.1. The van der Waals surface area contributed by atoms with E-state index in [4.69, 9.17) is 11.6 Å². The fraction of sp³-hybridized carbons (Fsp3) is 0.138. The van der Waals surface area contributed by atoms with Crippen LogP contribution < -0.4 is 5.32 Å². The van der Waals surface area contributed by atoms with Crippen LogP contribution in [0.3, 0.4) is 0 Å². The fourth-order valence-corrected chi connectivity index (χ4v) is 5.23. The molecule has 0 saturated carbocycles. The van der Waals surface area contributed by atoms with Gasteiger partial charge in [-0.1, -0.05) is 54.1 Å². The van der Waals surface area contributed by atoms with E-state index < -0.39 is 0 Å². The van der Waals surface area contributed by atoms with E-state index in [2.05, 4.69) is 9.88 Å². The summed E-state index contributed by atoms with van der Waals surface area (Å²) in [5.74, 6) is -0.495. The number of halogens is 2. The van der Waals surface area contributed by atoms with Gasteiger partial charge in [0, 0.05) is 34.6 Å². The number of nitrogens with zero attached hydrogens (tertiary/aromatic N) is 2. The quantitative estimate of drug-likeness (QED) is 0.283. The molecule has 0 bridgehead atoms.